The van der Waals surface area contributed by atoms with Gasteiger partial charge in [-0.05, 0) is 12.8 Å². The summed E-state index contributed by atoms with van der Waals surface area (Å²) in [6.07, 6.45) is 2.99. The summed E-state index contributed by atoms with van der Waals surface area (Å²) in [7, 11) is 1.95. The van der Waals surface area contributed by atoms with Crippen LogP contribution in [0.1, 0.15) is 31.5 Å². The summed E-state index contributed by atoms with van der Waals surface area (Å²) in [5, 5.41) is 4.55. The fraction of sp³-hybridized carbons (Fsp3) is 0.667. The molecular formula is C12H19N5O. The lowest BCUT2D eigenvalue weighted by molar-refractivity contribution is 0.187. The largest absolute Gasteiger partial charge is 0.379 e. The maximum Gasteiger partial charge on any atom is 0.202 e. The first-order valence-corrected chi connectivity index (χ1v) is 6.49. The lowest BCUT2D eigenvalue weighted by Gasteiger charge is -2.12. The zero-order valence-electron chi connectivity index (χ0n) is 10.9. The summed E-state index contributed by atoms with van der Waals surface area (Å²) < 4.78 is 9.41. The monoisotopic (exact) mass is 249 g/mol. The molecule has 0 spiro atoms. The number of fused-ring (bicyclic) bond motifs is 1. The van der Waals surface area contributed by atoms with Crippen molar-refractivity contribution in [3.8, 4) is 0 Å². The van der Waals surface area contributed by atoms with Crippen LogP contribution in [0.4, 0.5) is 5.95 Å². The molecule has 1 fully saturated rings. The Bertz CT molecular complexity index is 565. The molecule has 0 aromatic carbocycles. The van der Waals surface area contributed by atoms with E-state index < -0.39 is 0 Å². The van der Waals surface area contributed by atoms with Gasteiger partial charge in [0.05, 0.1) is 18.3 Å². The molecule has 6 heteroatoms. The van der Waals surface area contributed by atoms with Gasteiger partial charge in [0.2, 0.25) is 5.95 Å². The Hall–Kier alpha value is -1.56. The summed E-state index contributed by atoms with van der Waals surface area (Å²) >= 11 is 0. The van der Waals surface area contributed by atoms with Crippen LogP contribution in [0.2, 0.25) is 0 Å². The minimum atomic E-state index is 0.292. The number of aromatic nitrogens is 4. The van der Waals surface area contributed by atoms with Crippen molar-refractivity contribution >= 4 is 17.1 Å². The molecule has 2 aromatic rings. The van der Waals surface area contributed by atoms with Crippen LogP contribution in [0.15, 0.2) is 0 Å². The topological polar surface area (TPSA) is 70.9 Å². The first-order chi connectivity index (χ1) is 8.72. The highest BCUT2D eigenvalue weighted by atomic mass is 16.5. The van der Waals surface area contributed by atoms with Crippen LogP contribution in [0.5, 0.6) is 0 Å². The van der Waals surface area contributed by atoms with Gasteiger partial charge in [-0.15, -0.1) is 0 Å². The Labute approximate surface area is 106 Å². The number of nitrogens with two attached hydrogens (primary N) is 1. The third-order valence-electron chi connectivity index (χ3n) is 3.52. The Morgan fingerprint density at radius 3 is 3.00 bits per heavy atom. The minimum Gasteiger partial charge on any atom is -0.379 e. The van der Waals surface area contributed by atoms with Gasteiger partial charge in [0.25, 0.3) is 0 Å². The third-order valence-corrected chi connectivity index (χ3v) is 3.52. The fourth-order valence-electron chi connectivity index (χ4n) is 2.71. The number of hydrogen-bond acceptors (Lipinski definition) is 4. The van der Waals surface area contributed by atoms with Gasteiger partial charge in [0.15, 0.2) is 5.65 Å². The van der Waals surface area contributed by atoms with Crippen LogP contribution in [0, 0.1) is 0 Å². The normalized spacial score (nSPS) is 20.0. The molecule has 1 atom stereocenters. The molecule has 0 aliphatic carbocycles. The van der Waals surface area contributed by atoms with Crippen LogP contribution in [0.3, 0.4) is 0 Å². The molecule has 2 aromatic heterocycles. The second-order valence-electron chi connectivity index (χ2n) is 4.85. The zero-order chi connectivity index (χ0) is 12.7. The van der Waals surface area contributed by atoms with Gasteiger partial charge in [-0.25, -0.2) is 4.98 Å². The summed E-state index contributed by atoms with van der Waals surface area (Å²) in [6, 6.07) is 0.292. The van der Waals surface area contributed by atoms with E-state index in [-0.39, 0.29) is 0 Å². The minimum absolute atomic E-state index is 0.292. The van der Waals surface area contributed by atoms with E-state index in [9.17, 15) is 0 Å². The molecule has 18 heavy (non-hydrogen) atoms. The van der Waals surface area contributed by atoms with Crippen molar-refractivity contribution in [2.45, 2.75) is 32.2 Å². The number of ether oxygens (including phenoxy) is 1. The Kier molecular flexibility index (Phi) is 2.74. The Balaban J connectivity index is 2.15. The zero-order valence-corrected chi connectivity index (χ0v) is 10.9. The molecule has 3 heterocycles. The van der Waals surface area contributed by atoms with E-state index >= 15 is 0 Å². The first-order valence-electron chi connectivity index (χ1n) is 6.49. The van der Waals surface area contributed by atoms with Gasteiger partial charge in [-0.1, -0.05) is 13.3 Å². The van der Waals surface area contributed by atoms with E-state index in [2.05, 4.69) is 21.6 Å². The summed E-state index contributed by atoms with van der Waals surface area (Å²) in [6.45, 7) is 3.65. The molecule has 98 valence electrons. The number of rotatable bonds is 3. The second-order valence-corrected chi connectivity index (χ2v) is 4.85. The molecule has 6 nitrogen and oxygen atoms in total. The molecule has 1 aliphatic heterocycles. The molecule has 1 saturated heterocycles. The molecule has 1 aliphatic rings. The number of nitrogens with zero attached hydrogens (tertiary/aromatic N) is 4. The average molecular weight is 249 g/mol. The lowest BCUT2D eigenvalue weighted by Crippen LogP contribution is -2.13. The molecule has 0 radical (unpaired) electrons. The van der Waals surface area contributed by atoms with E-state index in [0.717, 1.165) is 42.7 Å². The molecule has 0 saturated carbocycles. The first kappa shape index (κ1) is 11.5. The second kappa shape index (κ2) is 4.28. The van der Waals surface area contributed by atoms with Crippen molar-refractivity contribution < 1.29 is 4.74 Å². The van der Waals surface area contributed by atoms with Crippen molar-refractivity contribution in [2.24, 2.45) is 7.05 Å². The predicted molar refractivity (Wildman–Crippen MR) is 69.4 cm³/mol. The summed E-state index contributed by atoms with van der Waals surface area (Å²) in [5.74, 6) is 0.575. The van der Waals surface area contributed by atoms with E-state index in [4.69, 9.17) is 10.5 Å². The molecule has 2 N–H and O–H groups in total. The maximum absolute atomic E-state index is 6.07. The maximum atomic E-state index is 6.07. The van der Waals surface area contributed by atoms with Crippen LogP contribution < -0.4 is 5.73 Å². The fourth-order valence-corrected chi connectivity index (χ4v) is 2.71. The number of anilines is 1. The van der Waals surface area contributed by atoms with Crippen LogP contribution >= 0.6 is 0 Å². The number of aryl methyl sites for hydroxylation is 2. The summed E-state index contributed by atoms with van der Waals surface area (Å²) in [4.78, 5) is 4.50. The van der Waals surface area contributed by atoms with Gasteiger partial charge in [-0.2, -0.15) is 5.10 Å². The van der Waals surface area contributed by atoms with Crippen LogP contribution in [0.25, 0.3) is 11.2 Å². The predicted octanol–water partition coefficient (Wildman–Crippen LogP) is 1.27. The smallest absolute Gasteiger partial charge is 0.202 e. The van der Waals surface area contributed by atoms with Crippen molar-refractivity contribution in [1.29, 1.82) is 0 Å². The lowest BCUT2D eigenvalue weighted by atomic mass is 10.2. The van der Waals surface area contributed by atoms with Gasteiger partial charge in [0.1, 0.15) is 5.52 Å². The molecule has 1 unspecified atom stereocenters. The standard InChI is InChI=1S/C12H19N5O/c1-3-4-9-10-11(16(2)15-9)17(12(13)14-10)8-5-6-18-7-8/h8H,3-7H2,1-2H3,(H2,13,14). The summed E-state index contributed by atoms with van der Waals surface area (Å²) in [5.41, 5.74) is 9.08. The van der Waals surface area contributed by atoms with Crippen molar-refractivity contribution in [1.82, 2.24) is 19.3 Å². The van der Waals surface area contributed by atoms with Crippen molar-refractivity contribution in [3.63, 3.8) is 0 Å². The van der Waals surface area contributed by atoms with Crippen molar-refractivity contribution in [3.05, 3.63) is 5.69 Å². The van der Waals surface area contributed by atoms with Gasteiger partial charge >= 0.3 is 0 Å². The number of hydrogen-bond donors (Lipinski definition) is 1. The van der Waals surface area contributed by atoms with Gasteiger partial charge < -0.3 is 10.5 Å². The third kappa shape index (κ3) is 1.59. The van der Waals surface area contributed by atoms with E-state index in [0.29, 0.717) is 18.6 Å². The highest BCUT2D eigenvalue weighted by Crippen LogP contribution is 2.29. The highest BCUT2D eigenvalue weighted by molar-refractivity contribution is 5.78. The molecule has 0 bridgehead atoms. The molecular weight excluding hydrogens is 230 g/mol. The highest BCUT2D eigenvalue weighted by Gasteiger charge is 2.25. The van der Waals surface area contributed by atoms with Gasteiger partial charge in [0, 0.05) is 13.7 Å². The molecule has 0 amide bonds. The van der Waals surface area contributed by atoms with E-state index in [1.54, 1.807) is 0 Å². The van der Waals surface area contributed by atoms with Crippen LogP contribution in [-0.2, 0) is 18.2 Å². The Morgan fingerprint density at radius 2 is 2.33 bits per heavy atom. The quantitative estimate of drug-likeness (QED) is 0.889. The van der Waals surface area contributed by atoms with E-state index in [1.165, 1.54) is 0 Å². The SMILES string of the molecule is CCCc1nn(C)c2c1nc(N)n2C1CCOC1. The molecule has 3 rings (SSSR count). The van der Waals surface area contributed by atoms with Crippen LogP contribution in [-0.4, -0.2) is 32.5 Å². The number of nitrogen functional groups attached to an aromatic ring is 1. The average Bonchev–Trinajstić information content (AvgIpc) is 2.99. The van der Waals surface area contributed by atoms with Gasteiger partial charge in [-0.3, -0.25) is 9.25 Å². The Morgan fingerprint density at radius 1 is 1.50 bits per heavy atom. The van der Waals surface area contributed by atoms with E-state index in [1.807, 2.05) is 11.7 Å². The number of imidazole rings is 1. The van der Waals surface area contributed by atoms with Crippen molar-refractivity contribution in [2.75, 3.05) is 18.9 Å².